The van der Waals surface area contributed by atoms with Gasteiger partial charge in [-0.2, -0.15) is 0 Å². The molecule has 1 saturated heterocycles. The van der Waals surface area contributed by atoms with E-state index in [1.54, 1.807) is 0 Å². The van der Waals surface area contributed by atoms with E-state index < -0.39 is 6.04 Å². The van der Waals surface area contributed by atoms with Gasteiger partial charge in [0.05, 0.1) is 0 Å². The van der Waals surface area contributed by atoms with Crippen LogP contribution in [0.5, 0.6) is 0 Å². The molecule has 0 spiro atoms. The topological polar surface area (TPSA) is 52.6 Å². The summed E-state index contributed by atoms with van der Waals surface area (Å²) in [5.41, 5.74) is 3.85. The van der Waals surface area contributed by atoms with Crippen LogP contribution >= 0.6 is 0 Å². The number of aryl methyl sites for hydroxylation is 1. The first-order valence-corrected chi connectivity index (χ1v) is 10.1. The first-order valence-electron chi connectivity index (χ1n) is 10.1. The molecule has 5 heteroatoms. The molecule has 1 aliphatic heterocycles. The fraction of sp³-hybridized carbons (Fsp3) is 0.636. The highest BCUT2D eigenvalue weighted by Crippen LogP contribution is 2.24. The van der Waals surface area contributed by atoms with Crippen LogP contribution in [-0.4, -0.2) is 48.9 Å². The number of hydrogen-bond acceptors (Lipinski definition) is 3. The van der Waals surface area contributed by atoms with Crippen LogP contribution in [0.3, 0.4) is 0 Å². The van der Waals surface area contributed by atoms with E-state index in [1.807, 2.05) is 32.6 Å². The normalized spacial score (nSPS) is 16.0. The highest BCUT2D eigenvalue weighted by Gasteiger charge is 2.31. The van der Waals surface area contributed by atoms with E-state index in [0.717, 1.165) is 13.1 Å². The Morgan fingerprint density at radius 1 is 1.04 bits per heavy atom. The van der Waals surface area contributed by atoms with Crippen molar-refractivity contribution in [3.05, 3.63) is 29.3 Å². The van der Waals surface area contributed by atoms with Gasteiger partial charge in [-0.05, 0) is 42.9 Å². The van der Waals surface area contributed by atoms with E-state index in [1.165, 1.54) is 16.8 Å². The third-order valence-corrected chi connectivity index (χ3v) is 5.35. The van der Waals surface area contributed by atoms with Gasteiger partial charge >= 0.3 is 0 Å². The van der Waals surface area contributed by atoms with Crippen molar-refractivity contribution >= 4 is 17.5 Å². The van der Waals surface area contributed by atoms with E-state index in [-0.39, 0.29) is 23.7 Å². The summed E-state index contributed by atoms with van der Waals surface area (Å²) >= 11 is 0. The van der Waals surface area contributed by atoms with E-state index in [9.17, 15) is 9.59 Å². The number of piperazine rings is 1. The molecule has 0 aliphatic carbocycles. The van der Waals surface area contributed by atoms with Crippen molar-refractivity contribution in [2.45, 2.75) is 54.0 Å². The lowest BCUT2D eigenvalue weighted by molar-refractivity contribution is -0.138. The molecule has 1 aromatic rings. The lowest BCUT2D eigenvalue weighted by atomic mass is 10.0. The van der Waals surface area contributed by atoms with E-state index >= 15 is 0 Å². The summed E-state index contributed by atoms with van der Waals surface area (Å²) in [6, 6.07) is 5.94. The lowest BCUT2D eigenvalue weighted by Crippen LogP contribution is -2.56. The summed E-state index contributed by atoms with van der Waals surface area (Å²) < 4.78 is 0. The number of amides is 2. The molecule has 1 aromatic carbocycles. The second-order valence-corrected chi connectivity index (χ2v) is 8.42. The average Bonchev–Trinajstić information content (AvgIpc) is 2.61. The quantitative estimate of drug-likeness (QED) is 0.833. The summed E-state index contributed by atoms with van der Waals surface area (Å²) in [6.45, 7) is 15.3. The number of hydrogen-bond donors (Lipinski definition) is 1. The zero-order valence-electron chi connectivity index (χ0n) is 17.7. The fourth-order valence-electron chi connectivity index (χ4n) is 3.56. The maximum atomic E-state index is 13.0. The van der Waals surface area contributed by atoms with Crippen LogP contribution in [0.15, 0.2) is 18.2 Å². The molecule has 1 N–H and O–H groups in total. The summed E-state index contributed by atoms with van der Waals surface area (Å²) in [4.78, 5) is 29.4. The molecule has 0 aromatic heterocycles. The molecule has 1 aliphatic rings. The molecule has 2 rings (SSSR count). The second kappa shape index (κ2) is 9.25. The molecule has 2 amide bonds. The van der Waals surface area contributed by atoms with Crippen LogP contribution in [-0.2, 0) is 9.59 Å². The minimum Gasteiger partial charge on any atom is -0.368 e. The van der Waals surface area contributed by atoms with E-state index in [4.69, 9.17) is 0 Å². The average molecular weight is 374 g/mol. The van der Waals surface area contributed by atoms with Crippen molar-refractivity contribution in [3.8, 4) is 0 Å². The molecule has 0 saturated carbocycles. The lowest BCUT2D eigenvalue weighted by Gasteiger charge is -2.39. The van der Waals surface area contributed by atoms with Gasteiger partial charge in [0, 0.05) is 38.3 Å². The Hall–Kier alpha value is -2.04. The second-order valence-electron chi connectivity index (χ2n) is 8.42. The van der Waals surface area contributed by atoms with Gasteiger partial charge in [0.2, 0.25) is 11.8 Å². The van der Waals surface area contributed by atoms with Crippen molar-refractivity contribution in [3.63, 3.8) is 0 Å². The van der Waals surface area contributed by atoms with Crippen LogP contribution in [0.4, 0.5) is 5.69 Å². The van der Waals surface area contributed by atoms with Gasteiger partial charge in [0.1, 0.15) is 6.04 Å². The summed E-state index contributed by atoms with van der Waals surface area (Å²) in [5.74, 6) is 0.369. The Morgan fingerprint density at radius 2 is 1.67 bits per heavy atom. The van der Waals surface area contributed by atoms with Gasteiger partial charge < -0.3 is 15.1 Å². The number of carbonyl (C=O) groups is 2. The highest BCUT2D eigenvalue weighted by molar-refractivity contribution is 5.88. The Bertz CT molecular complexity index is 662. The molecule has 0 radical (unpaired) electrons. The Morgan fingerprint density at radius 3 is 2.22 bits per heavy atom. The standard InChI is InChI=1S/C22H35N3O2/c1-15(2)14-20(26)23-21(16(3)4)22(27)25-12-10-24(11-13-25)19-9-7-8-17(5)18(19)6/h7-9,15-16,21H,10-14H2,1-6H3,(H,23,26). The number of nitrogens with one attached hydrogen (secondary N) is 1. The predicted molar refractivity (Wildman–Crippen MR) is 111 cm³/mol. The summed E-state index contributed by atoms with van der Waals surface area (Å²) in [6.07, 6.45) is 0.455. The van der Waals surface area contributed by atoms with Crippen LogP contribution in [0, 0.1) is 25.7 Å². The molecule has 27 heavy (non-hydrogen) atoms. The largest absolute Gasteiger partial charge is 0.368 e. The minimum absolute atomic E-state index is 0.0360. The molecule has 1 fully saturated rings. The smallest absolute Gasteiger partial charge is 0.245 e. The minimum atomic E-state index is -0.441. The van der Waals surface area contributed by atoms with Crippen LogP contribution in [0.25, 0.3) is 0 Å². The zero-order valence-corrected chi connectivity index (χ0v) is 17.7. The van der Waals surface area contributed by atoms with Crippen LogP contribution in [0.1, 0.15) is 45.2 Å². The molecular formula is C22H35N3O2. The Balaban J connectivity index is 1.99. The highest BCUT2D eigenvalue weighted by atomic mass is 16.2. The van der Waals surface area contributed by atoms with Crippen molar-refractivity contribution in [2.75, 3.05) is 31.1 Å². The summed E-state index contributed by atoms with van der Waals surface area (Å²) in [7, 11) is 0. The van der Waals surface area contributed by atoms with E-state index in [2.05, 4.69) is 42.3 Å². The van der Waals surface area contributed by atoms with Crippen LogP contribution in [0.2, 0.25) is 0 Å². The molecule has 150 valence electrons. The van der Waals surface area contributed by atoms with Crippen molar-refractivity contribution in [2.24, 2.45) is 11.8 Å². The van der Waals surface area contributed by atoms with Gasteiger partial charge in [0.15, 0.2) is 0 Å². The molecule has 1 unspecified atom stereocenters. The van der Waals surface area contributed by atoms with Gasteiger partial charge in [-0.1, -0.05) is 39.8 Å². The maximum absolute atomic E-state index is 13.0. The summed E-state index contributed by atoms with van der Waals surface area (Å²) in [5, 5.41) is 2.96. The Kier molecular flexibility index (Phi) is 7.28. The third-order valence-electron chi connectivity index (χ3n) is 5.35. The van der Waals surface area contributed by atoms with Gasteiger partial charge in [0.25, 0.3) is 0 Å². The SMILES string of the molecule is Cc1cccc(N2CCN(C(=O)C(NC(=O)CC(C)C)C(C)C)CC2)c1C. The first-order chi connectivity index (χ1) is 12.7. The van der Waals surface area contributed by atoms with Crippen LogP contribution < -0.4 is 10.2 Å². The van der Waals surface area contributed by atoms with Crippen molar-refractivity contribution < 1.29 is 9.59 Å². The van der Waals surface area contributed by atoms with Gasteiger partial charge in [-0.25, -0.2) is 0 Å². The predicted octanol–water partition coefficient (Wildman–Crippen LogP) is 3.14. The molecule has 1 atom stereocenters. The van der Waals surface area contributed by atoms with Crippen molar-refractivity contribution in [1.29, 1.82) is 0 Å². The zero-order chi connectivity index (χ0) is 20.1. The number of rotatable bonds is 6. The number of carbonyl (C=O) groups excluding carboxylic acids is 2. The molecular weight excluding hydrogens is 338 g/mol. The van der Waals surface area contributed by atoms with Gasteiger partial charge in [-0.3, -0.25) is 9.59 Å². The van der Waals surface area contributed by atoms with Gasteiger partial charge in [-0.15, -0.1) is 0 Å². The molecule has 1 heterocycles. The van der Waals surface area contributed by atoms with Crippen molar-refractivity contribution in [1.82, 2.24) is 10.2 Å². The first kappa shape index (κ1) is 21.3. The Labute approximate surface area is 164 Å². The number of benzene rings is 1. The monoisotopic (exact) mass is 373 g/mol. The third kappa shape index (κ3) is 5.47. The number of nitrogens with zero attached hydrogens (tertiary/aromatic N) is 2. The maximum Gasteiger partial charge on any atom is 0.245 e. The van der Waals surface area contributed by atoms with E-state index in [0.29, 0.717) is 19.5 Å². The molecule has 0 bridgehead atoms. The molecule has 5 nitrogen and oxygen atoms in total. The number of anilines is 1. The fourth-order valence-corrected chi connectivity index (χ4v) is 3.56.